The van der Waals surface area contributed by atoms with E-state index in [1.807, 2.05) is 17.8 Å². The van der Waals surface area contributed by atoms with Gasteiger partial charge in [0.05, 0.1) is 7.11 Å². The van der Waals surface area contributed by atoms with Crippen molar-refractivity contribution in [2.75, 3.05) is 13.7 Å². The van der Waals surface area contributed by atoms with Gasteiger partial charge in [-0.2, -0.15) is 0 Å². The van der Waals surface area contributed by atoms with Crippen LogP contribution in [-0.2, 0) is 29.7 Å². The highest BCUT2D eigenvalue weighted by Crippen LogP contribution is 2.32. The van der Waals surface area contributed by atoms with Crippen molar-refractivity contribution in [2.45, 2.75) is 26.1 Å². The number of methoxy groups -OCH3 is 1. The molecule has 1 unspecified atom stereocenters. The maximum atomic E-state index is 11.7. The topological polar surface area (TPSA) is 60.5 Å². The lowest BCUT2D eigenvalue weighted by atomic mass is 10.0. The van der Waals surface area contributed by atoms with Gasteiger partial charge in [0.2, 0.25) is 0 Å². The third-order valence-electron chi connectivity index (χ3n) is 4.37. The molecule has 0 radical (unpaired) electrons. The molecule has 0 aliphatic carbocycles. The molecule has 3 rings (SSSR count). The summed E-state index contributed by atoms with van der Waals surface area (Å²) in [5, 5.41) is 1.05. The summed E-state index contributed by atoms with van der Waals surface area (Å²) in [5.74, 6) is -0.404. The Balaban J connectivity index is 2.11. The summed E-state index contributed by atoms with van der Waals surface area (Å²) in [4.78, 5) is 14.1. The molecule has 1 aromatic heterocycles. The number of aryl methyl sites for hydroxylation is 1. The first-order valence-electron chi connectivity index (χ1n) is 7.21. The predicted octanol–water partition coefficient (Wildman–Crippen LogP) is 1.69. The number of fused-ring (bicyclic) bond motifs is 2. The Labute approximate surface area is 124 Å². The third-order valence-corrected chi connectivity index (χ3v) is 4.37. The highest BCUT2D eigenvalue weighted by atomic mass is 16.5. The fourth-order valence-electron chi connectivity index (χ4n) is 3.10. The van der Waals surface area contributed by atoms with Crippen molar-refractivity contribution in [3.05, 3.63) is 35.0 Å². The summed E-state index contributed by atoms with van der Waals surface area (Å²) in [6.07, 6.45) is 1.93. The Hall–Kier alpha value is -1.85. The number of ether oxygens (including phenoxy) is 1. The minimum Gasteiger partial charge on any atom is -0.468 e. The van der Waals surface area contributed by atoms with Crippen molar-refractivity contribution < 1.29 is 9.53 Å². The minimum atomic E-state index is -0.736. The minimum absolute atomic E-state index is 0.404. The van der Waals surface area contributed by atoms with Crippen LogP contribution in [0.1, 0.15) is 29.7 Å². The van der Waals surface area contributed by atoms with Crippen molar-refractivity contribution in [1.82, 2.24) is 9.47 Å². The summed E-state index contributed by atoms with van der Waals surface area (Å²) in [7, 11) is 3.35. The Morgan fingerprint density at radius 2 is 2.05 bits per heavy atom. The summed E-state index contributed by atoms with van der Waals surface area (Å²) in [6, 6.07) is 3.66. The molecule has 0 spiro atoms. The summed E-state index contributed by atoms with van der Waals surface area (Å²) in [6.45, 7) is 5.17. The molecule has 2 aromatic rings. The number of carbonyl (C=O) groups excluding carboxylic acids is 1. The van der Waals surface area contributed by atoms with E-state index in [1.54, 1.807) is 0 Å². The van der Waals surface area contributed by atoms with E-state index in [0.29, 0.717) is 0 Å². The maximum Gasteiger partial charge on any atom is 0.327 e. The molecule has 21 heavy (non-hydrogen) atoms. The average molecular weight is 287 g/mol. The van der Waals surface area contributed by atoms with E-state index in [9.17, 15) is 4.79 Å². The molecule has 1 aliphatic heterocycles. The van der Waals surface area contributed by atoms with Gasteiger partial charge < -0.3 is 15.0 Å². The van der Waals surface area contributed by atoms with Crippen LogP contribution < -0.4 is 5.73 Å². The van der Waals surface area contributed by atoms with Crippen LogP contribution in [-0.4, -0.2) is 29.1 Å². The monoisotopic (exact) mass is 287 g/mol. The van der Waals surface area contributed by atoms with Gasteiger partial charge in [0, 0.05) is 42.8 Å². The van der Waals surface area contributed by atoms with Crippen LogP contribution in [0.4, 0.5) is 0 Å². The van der Waals surface area contributed by atoms with Crippen molar-refractivity contribution in [3.8, 4) is 0 Å². The number of hydrogen-bond acceptors (Lipinski definition) is 4. The molecule has 5 heteroatoms. The smallest absolute Gasteiger partial charge is 0.327 e. The van der Waals surface area contributed by atoms with Crippen LogP contribution in [0.15, 0.2) is 18.3 Å². The quantitative estimate of drug-likeness (QED) is 0.873. The van der Waals surface area contributed by atoms with Crippen molar-refractivity contribution >= 4 is 16.9 Å². The van der Waals surface area contributed by atoms with E-state index < -0.39 is 12.0 Å². The van der Waals surface area contributed by atoms with Crippen LogP contribution in [0.3, 0.4) is 0 Å². The number of esters is 1. The van der Waals surface area contributed by atoms with Crippen LogP contribution in [0.25, 0.3) is 10.9 Å². The Morgan fingerprint density at radius 1 is 1.38 bits per heavy atom. The lowest BCUT2D eigenvalue weighted by Crippen LogP contribution is -2.22. The number of aromatic nitrogens is 1. The van der Waals surface area contributed by atoms with E-state index in [4.69, 9.17) is 10.5 Å². The van der Waals surface area contributed by atoms with Gasteiger partial charge in [0.1, 0.15) is 6.04 Å². The zero-order chi connectivity index (χ0) is 15.1. The standard InChI is InChI=1S/C16H21N3O2/c1-4-19-7-10-5-12-13(15(17)16(20)21-3)9-18(2)14(12)6-11(10)8-19/h5-6,9,15H,4,7-8,17H2,1-3H3. The molecule has 0 saturated heterocycles. The Bertz CT molecular complexity index is 705. The van der Waals surface area contributed by atoms with Crippen LogP contribution in [0.2, 0.25) is 0 Å². The number of nitrogens with zero attached hydrogens (tertiary/aromatic N) is 2. The highest BCUT2D eigenvalue weighted by Gasteiger charge is 2.24. The summed E-state index contributed by atoms with van der Waals surface area (Å²) < 4.78 is 6.80. The van der Waals surface area contributed by atoms with Crippen LogP contribution in [0.5, 0.6) is 0 Å². The molecule has 112 valence electrons. The molecule has 0 amide bonds. The van der Waals surface area contributed by atoms with E-state index in [-0.39, 0.29) is 0 Å². The first-order chi connectivity index (χ1) is 10.0. The Morgan fingerprint density at radius 3 is 2.67 bits per heavy atom. The van der Waals surface area contributed by atoms with Gasteiger partial charge in [-0.25, -0.2) is 0 Å². The zero-order valence-corrected chi connectivity index (χ0v) is 12.7. The van der Waals surface area contributed by atoms with E-state index in [1.165, 1.54) is 18.2 Å². The second-order valence-corrected chi connectivity index (χ2v) is 5.64. The first-order valence-corrected chi connectivity index (χ1v) is 7.21. The van der Waals surface area contributed by atoms with Gasteiger partial charge in [0.15, 0.2) is 0 Å². The molecular formula is C16H21N3O2. The number of benzene rings is 1. The van der Waals surface area contributed by atoms with Crippen LogP contribution >= 0.6 is 0 Å². The molecule has 1 aliphatic rings. The third kappa shape index (κ3) is 2.22. The fraction of sp³-hybridized carbons (Fsp3) is 0.438. The van der Waals surface area contributed by atoms with Gasteiger partial charge in [-0.05, 0) is 29.8 Å². The lowest BCUT2D eigenvalue weighted by Gasteiger charge is -2.09. The van der Waals surface area contributed by atoms with E-state index in [0.717, 1.165) is 36.1 Å². The van der Waals surface area contributed by atoms with Gasteiger partial charge in [0.25, 0.3) is 0 Å². The maximum absolute atomic E-state index is 11.7. The predicted molar refractivity (Wildman–Crippen MR) is 81.7 cm³/mol. The molecule has 0 saturated carbocycles. The summed E-state index contributed by atoms with van der Waals surface area (Å²) in [5.41, 5.74) is 10.7. The highest BCUT2D eigenvalue weighted by molar-refractivity contribution is 5.91. The molecule has 0 fully saturated rings. The number of hydrogen-bond donors (Lipinski definition) is 1. The second kappa shape index (κ2) is 5.16. The molecular weight excluding hydrogens is 266 g/mol. The van der Waals surface area contributed by atoms with E-state index in [2.05, 4.69) is 24.0 Å². The number of rotatable bonds is 3. The molecule has 2 heterocycles. The average Bonchev–Trinajstić information content (AvgIpc) is 3.04. The van der Waals surface area contributed by atoms with Crippen molar-refractivity contribution in [2.24, 2.45) is 12.8 Å². The van der Waals surface area contributed by atoms with E-state index >= 15 is 0 Å². The van der Waals surface area contributed by atoms with Crippen LogP contribution in [0, 0.1) is 0 Å². The van der Waals surface area contributed by atoms with Gasteiger partial charge >= 0.3 is 5.97 Å². The van der Waals surface area contributed by atoms with Gasteiger partial charge in [-0.1, -0.05) is 6.92 Å². The fourth-order valence-corrected chi connectivity index (χ4v) is 3.10. The lowest BCUT2D eigenvalue weighted by molar-refractivity contribution is -0.142. The Kier molecular flexibility index (Phi) is 3.47. The SMILES string of the molecule is CCN1Cc2cc3c(C(N)C(=O)OC)cn(C)c3cc2C1. The molecule has 5 nitrogen and oxygen atoms in total. The van der Waals surface area contributed by atoms with Gasteiger partial charge in [-0.15, -0.1) is 0 Å². The first kappa shape index (κ1) is 14.1. The van der Waals surface area contributed by atoms with Crippen molar-refractivity contribution in [1.29, 1.82) is 0 Å². The zero-order valence-electron chi connectivity index (χ0n) is 12.7. The molecule has 1 atom stereocenters. The molecule has 0 bridgehead atoms. The largest absolute Gasteiger partial charge is 0.468 e. The molecule has 1 aromatic carbocycles. The summed E-state index contributed by atoms with van der Waals surface area (Å²) >= 11 is 0. The van der Waals surface area contributed by atoms with Crippen molar-refractivity contribution in [3.63, 3.8) is 0 Å². The van der Waals surface area contributed by atoms with Gasteiger partial charge in [-0.3, -0.25) is 9.69 Å². The number of nitrogens with two attached hydrogens (primary N) is 1. The normalized spacial score (nSPS) is 16.2. The second-order valence-electron chi connectivity index (χ2n) is 5.64. The number of carbonyl (C=O) groups is 1. The molecule has 2 N–H and O–H groups in total.